The quantitative estimate of drug-likeness (QED) is 0.515. The molecule has 0 spiro atoms. The van der Waals surface area contributed by atoms with Crippen LogP contribution in [0.5, 0.6) is 5.75 Å². The van der Waals surface area contributed by atoms with Crippen LogP contribution in [0, 0.1) is 0 Å². The Morgan fingerprint density at radius 1 is 1.00 bits per heavy atom. The molecule has 1 heterocycles. The van der Waals surface area contributed by atoms with Gasteiger partial charge in [0.15, 0.2) is 6.61 Å². The van der Waals surface area contributed by atoms with Gasteiger partial charge in [-0.05, 0) is 54.1 Å². The Hall–Kier alpha value is -3.46. The van der Waals surface area contributed by atoms with Gasteiger partial charge in [0.25, 0.3) is 5.91 Å². The number of nitrogens with zero attached hydrogens (tertiary/aromatic N) is 1. The van der Waals surface area contributed by atoms with Gasteiger partial charge in [-0.2, -0.15) is 13.2 Å². The third kappa shape index (κ3) is 5.48. The molecular formula is C24H19F3N2O3S. The molecule has 3 aromatic rings. The minimum atomic E-state index is -4.44. The lowest BCUT2D eigenvalue weighted by Gasteiger charge is -2.25. The zero-order chi connectivity index (χ0) is 23.4. The average Bonchev–Trinajstić information content (AvgIpc) is 3.20. The fourth-order valence-electron chi connectivity index (χ4n) is 3.35. The molecule has 4 rings (SSSR count). The number of halogens is 3. The SMILES string of the molecule is O=C(COc1ccccc1)Nc1ccc(C2SCC(=O)N2c2ccc(C(F)(F)F)cc2)cc1. The predicted octanol–water partition coefficient (Wildman–Crippen LogP) is 5.50. The summed E-state index contributed by atoms with van der Waals surface area (Å²) in [5.74, 6) is 0.318. The highest BCUT2D eigenvalue weighted by Gasteiger charge is 2.35. The van der Waals surface area contributed by atoms with Gasteiger partial charge in [0.2, 0.25) is 5.91 Å². The lowest BCUT2D eigenvalue weighted by Crippen LogP contribution is -2.27. The number of rotatable bonds is 6. The molecule has 170 valence electrons. The van der Waals surface area contributed by atoms with Crippen LogP contribution < -0.4 is 15.0 Å². The molecule has 0 aromatic heterocycles. The van der Waals surface area contributed by atoms with Crippen molar-refractivity contribution < 1.29 is 27.5 Å². The topological polar surface area (TPSA) is 58.6 Å². The molecule has 1 N–H and O–H groups in total. The van der Waals surface area contributed by atoms with Crippen molar-refractivity contribution in [3.8, 4) is 5.75 Å². The fraction of sp³-hybridized carbons (Fsp3) is 0.167. The average molecular weight is 472 g/mol. The van der Waals surface area contributed by atoms with Crippen LogP contribution in [0.25, 0.3) is 0 Å². The van der Waals surface area contributed by atoms with E-state index in [1.807, 2.05) is 18.2 Å². The Balaban J connectivity index is 1.42. The molecule has 0 saturated carbocycles. The number of carbonyl (C=O) groups excluding carboxylic acids is 2. The summed E-state index contributed by atoms with van der Waals surface area (Å²) >= 11 is 1.39. The first-order valence-electron chi connectivity index (χ1n) is 10.00. The van der Waals surface area contributed by atoms with Crippen LogP contribution in [0.15, 0.2) is 78.9 Å². The van der Waals surface area contributed by atoms with Gasteiger partial charge in [-0.3, -0.25) is 14.5 Å². The van der Waals surface area contributed by atoms with Gasteiger partial charge < -0.3 is 10.1 Å². The van der Waals surface area contributed by atoms with Crippen LogP contribution in [0.2, 0.25) is 0 Å². The summed E-state index contributed by atoms with van der Waals surface area (Å²) in [6.07, 6.45) is -4.44. The van der Waals surface area contributed by atoms with E-state index in [9.17, 15) is 22.8 Å². The maximum atomic E-state index is 12.9. The van der Waals surface area contributed by atoms with Crippen molar-refractivity contribution in [1.82, 2.24) is 0 Å². The number of carbonyl (C=O) groups is 2. The summed E-state index contributed by atoms with van der Waals surface area (Å²) in [6.45, 7) is -0.138. The molecule has 1 aliphatic heterocycles. The number of hydrogen-bond donors (Lipinski definition) is 1. The number of hydrogen-bond acceptors (Lipinski definition) is 4. The normalized spacial score (nSPS) is 16.0. The first kappa shape index (κ1) is 22.7. The summed E-state index contributed by atoms with van der Waals surface area (Å²) < 4.78 is 44.0. The number of amides is 2. The Labute approximate surface area is 192 Å². The number of para-hydroxylation sites is 1. The molecular weight excluding hydrogens is 453 g/mol. The summed E-state index contributed by atoms with van der Waals surface area (Å²) in [5.41, 5.74) is 0.997. The van der Waals surface area contributed by atoms with Crippen molar-refractivity contribution in [3.05, 3.63) is 90.0 Å². The molecule has 9 heteroatoms. The third-order valence-electron chi connectivity index (χ3n) is 4.93. The number of nitrogens with one attached hydrogen (secondary N) is 1. The second-order valence-electron chi connectivity index (χ2n) is 7.24. The van der Waals surface area contributed by atoms with E-state index in [0.717, 1.165) is 17.7 Å². The van der Waals surface area contributed by atoms with Gasteiger partial charge in [0.1, 0.15) is 11.1 Å². The highest BCUT2D eigenvalue weighted by atomic mass is 32.2. The molecule has 0 bridgehead atoms. The first-order valence-corrected chi connectivity index (χ1v) is 11.0. The van der Waals surface area contributed by atoms with Crippen molar-refractivity contribution in [2.75, 3.05) is 22.6 Å². The third-order valence-corrected chi connectivity index (χ3v) is 6.15. The monoisotopic (exact) mass is 472 g/mol. The van der Waals surface area contributed by atoms with Gasteiger partial charge in [-0.1, -0.05) is 30.3 Å². The van der Waals surface area contributed by atoms with Crippen LogP contribution >= 0.6 is 11.8 Å². The van der Waals surface area contributed by atoms with E-state index in [0.29, 0.717) is 17.1 Å². The number of benzene rings is 3. The summed E-state index contributed by atoms with van der Waals surface area (Å²) in [5, 5.41) is 2.37. The Morgan fingerprint density at radius 3 is 2.30 bits per heavy atom. The van der Waals surface area contributed by atoms with E-state index in [2.05, 4.69) is 5.32 Å². The van der Waals surface area contributed by atoms with Gasteiger partial charge in [0.05, 0.1) is 11.3 Å². The standard InChI is InChI=1S/C24H19F3N2O3S/c25-24(26,27)17-8-12-19(13-9-17)29-22(31)15-33-23(29)16-6-10-18(11-7-16)28-21(30)14-32-20-4-2-1-3-5-20/h1-13,23H,14-15H2,(H,28,30). The van der Waals surface area contributed by atoms with Crippen molar-refractivity contribution in [2.24, 2.45) is 0 Å². The predicted molar refractivity (Wildman–Crippen MR) is 121 cm³/mol. The number of alkyl halides is 3. The van der Waals surface area contributed by atoms with E-state index in [1.54, 1.807) is 36.4 Å². The van der Waals surface area contributed by atoms with Crippen LogP contribution in [0.3, 0.4) is 0 Å². The Bertz CT molecular complexity index is 1120. The highest BCUT2D eigenvalue weighted by Crippen LogP contribution is 2.42. The summed E-state index contributed by atoms with van der Waals surface area (Å²) in [4.78, 5) is 26.1. The molecule has 1 aliphatic rings. The molecule has 1 unspecified atom stereocenters. The zero-order valence-corrected chi connectivity index (χ0v) is 18.0. The van der Waals surface area contributed by atoms with Crippen molar-refractivity contribution in [1.29, 1.82) is 0 Å². The summed E-state index contributed by atoms with van der Waals surface area (Å²) in [6, 6.07) is 20.5. The minimum Gasteiger partial charge on any atom is -0.484 e. The maximum Gasteiger partial charge on any atom is 0.416 e. The van der Waals surface area contributed by atoms with E-state index in [-0.39, 0.29) is 29.5 Å². The van der Waals surface area contributed by atoms with Crippen LogP contribution in [0.4, 0.5) is 24.5 Å². The number of anilines is 2. The van der Waals surface area contributed by atoms with Gasteiger partial charge in [-0.15, -0.1) is 11.8 Å². The first-order chi connectivity index (χ1) is 15.8. The molecule has 1 atom stereocenters. The largest absolute Gasteiger partial charge is 0.484 e. The fourth-order valence-corrected chi connectivity index (χ4v) is 4.53. The molecule has 3 aromatic carbocycles. The van der Waals surface area contributed by atoms with E-state index < -0.39 is 11.7 Å². The molecule has 33 heavy (non-hydrogen) atoms. The van der Waals surface area contributed by atoms with Crippen molar-refractivity contribution >= 4 is 35.0 Å². The summed E-state index contributed by atoms with van der Waals surface area (Å²) in [7, 11) is 0. The van der Waals surface area contributed by atoms with E-state index in [1.165, 1.54) is 28.8 Å². The molecule has 1 saturated heterocycles. The maximum absolute atomic E-state index is 12.9. The van der Waals surface area contributed by atoms with Gasteiger partial charge in [-0.25, -0.2) is 0 Å². The van der Waals surface area contributed by atoms with Gasteiger partial charge >= 0.3 is 6.18 Å². The Morgan fingerprint density at radius 2 is 1.67 bits per heavy atom. The number of ether oxygens (including phenoxy) is 1. The lowest BCUT2D eigenvalue weighted by molar-refractivity contribution is -0.137. The molecule has 5 nitrogen and oxygen atoms in total. The molecule has 2 amide bonds. The van der Waals surface area contributed by atoms with Crippen molar-refractivity contribution in [2.45, 2.75) is 11.6 Å². The van der Waals surface area contributed by atoms with Crippen LogP contribution in [0.1, 0.15) is 16.5 Å². The highest BCUT2D eigenvalue weighted by molar-refractivity contribution is 8.00. The molecule has 1 fully saturated rings. The van der Waals surface area contributed by atoms with Crippen LogP contribution in [-0.4, -0.2) is 24.2 Å². The number of thioether (sulfide) groups is 1. The van der Waals surface area contributed by atoms with Gasteiger partial charge in [0, 0.05) is 11.4 Å². The van der Waals surface area contributed by atoms with E-state index in [4.69, 9.17) is 4.74 Å². The minimum absolute atomic E-state index is 0.138. The molecule has 0 radical (unpaired) electrons. The second kappa shape index (κ2) is 9.58. The smallest absolute Gasteiger partial charge is 0.416 e. The zero-order valence-electron chi connectivity index (χ0n) is 17.2. The van der Waals surface area contributed by atoms with Crippen LogP contribution in [-0.2, 0) is 15.8 Å². The van der Waals surface area contributed by atoms with Crippen molar-refractivity contribution in [3.63, 3.8) is 0 Å². The molecule has 0 aliphatic carbocycles. The van der Waals surface area contributed by atoms with E-state index >= 15 is 0 Å². The lowest BCUT2D eigenvalue weighted by atomic mass is 10.1. The second-order valence-corrected chi connectivity index (χ2v) is 8.31. The Kier molecular flexibility index (Phi) is 6.60.